The molecule has 0 spiro atoms. The molecule has 1 aromatic heterocycles. The maximum Gasteiger partial charge on any atom is 0.273 e. The first kappa shape index (κ1) is 20.4. The fourth-order valence-electron chi connectivity index (χ4n) is 2.99. The molecule has 0 bridgehead atoms. The third kappa shape index (κ3) is 5.34. The number of aromatic nitrogens is 2. The lowest BCUT2D eigenvalue weighted by Crippen LogP contribution is -2.37. The van der Waals surface area contributed by atoms with Crippen LogP contribution in [0.1, 0.15) is 25.3 Å². The minimum Gasteiger partial charge on any atom is -0.494 e. The molecule has 0 atom stereocenters. The van der Waals surface area contributed by atoms with Gasteiger partial charge in [0.1, 0.15) is 12.3 Å². The van der Waals surface area contributed by atoms with Crippen molar-refractivity contribution >= 4 is 16.7 Å². The highest BCUT2D eigenvalue weighted by molar-refractivity contribution is 5.81. The summed E-state index contributed by atoms with van der Waals surface area (Å²) in [6.07, 6.45) is 2.78. The normalized spacial score (nSPS) is 10.8. The van der Waals surface area contributed by atoms with Crippen LogP contribution in [0.2, 0.25) is 0 Å². The Labute approximate surface area is 168 Å². The minimum absolute atomic E-state index is 0.233. The van der Waals surface area contributed by atoms with Gasteiger partial charge in [-0.3, -0.25) is 19.5 Å². The van der Waals surface area contributed by atoms with Crippen molar-refractivity contribution in [2.24, 2.45) is 0 Å². The van der Waals surface area contributed by atoms with Crippen LogP contribution in [-0.2, 0) is 17.8 Å². The zero-order valence-corrected chi connectivity index (χ0v) is 16.4. The van der Waals surface area contributed by atoms with Gasteiger partial charge in [0.05, 0.1) is 17.4 Å². The molecule has 29 heavy (non-hydrogen) atoms. The van der Waals surface area contributed by atoms with Crippen molar-refractivity contribution in [3.63, 3.8) is 0 Å². The van der Waals surface area contributed by atoms with Gasteiger partial charge in [0.2, 0.25) is 5.91 Å². The van der Waals surface area contributed by atoms with Gasteiger partial charge in [-0.25, -0.2) is 4.68 Å². The SMILES string of the molecule is CCCCOc1ccc(CCNC(=O)Cn2[nH]c(=O)c3ccccc3c2=O)cc1. The summed E-state index contributed by atoms with van der Waals surface area (Å²) in [7, 11) is 0. The topological polar surface area (TPSA) is 93.2 Å². The molecule has 7 heteroatoms. The highest BCUT2D eigenvalue weighted by Gasteiger charge is 2.09. The summed E-state index contributed by atoms with van der Waals surface area (Å²) in [4.78, 5) is 36.7. The van der Waals surface area contributed by atoms with Crippen LogP contribution in [0.15, 0.2) is 58.1 Å². The number of ether oxygens (including phenoxy) is 1. The van der Waals surface area contributed by atoms with Crippen LogP contribution in [0, 0.1) is 0 Å². The number of amides is 1. The van der Waals surface area contributed by atoms with Crippen LogP contribution >= 0.6 is 0 Å². The van der Waals surface area contributed by atoms with E-state index in [2.05, 4.69) is 17.3 Å². The Morgan fingerprint density at radius 1 is 1.07 bits per heavy atom. The number of fused-ring (bicyclic) bond motifs is 1. The van der Waals surface area contributed by atoms with E-state index >= 15 is 0 Å². The fraction of sp³-hybridized carbons (Fsp3) is 0.318. The first-order valence-corrected chi connectivity index (χ1v) is 9.79. The molecule has 0 saturated heterocycles. The Morgan fingerprint density at radius 3 is 2.52 bits per heavy atom. The van der Waals surface area contributed by atoms with E-state index in [1.165, 1.54) is 0 Å². The second-order valence-corrected chi connectivity index (χ2v) is 6.82. The van der Waals surface area contributed by atoms with E-state index in [0.717, 1.165) is 28.8 Å². The molecule has 2 aromatic carbocycles. The third-order valence-electron chi connectivity index (χ3n) is 4.61. The van der Waals surface area contributed by atoms with E-state index in [9.17, 15) is 14.4 Å². The van der Waals surface area contributed by atoms with Crippen molar-refractivity contribution in [2.45, 2.75) is 32.7 Å². The number of nitrogens with one attached hydrogen (secondary N) is 2. The Kier molecular flexibility index (Phi) is 6.84. The van der Waals surface area contributed by atoms with Gasteiger partial charge in [-0.05, 0) is 42.7 Å². The lowest BCUT2D eigenvalue weighted by molar-refractivity contribution is -0.121. The molecule has 152 valence electrons. The smallest absolute Gasteiger partial charge is 0.273 e. The first-order valence-electron chi connectivity index (χ1n) is 9.79. The lowest BCUT2D eigenvalue weighted by atomic mass is 10.1. The number of nitrogens with zero attached hydrogens (tertiary/aromatic N) is 1. The minimum atomic E-state index is -0.394. The Morgan fingerprint density at radius 2 is 1.79 bits per heavy atom. The van der Waals surface area contributed by atoms with Crippen LogP contribution in [0.5, 0.6) is 5.75 Å². The number of aromatic amines is 1. The second-order valence-electron chi connectivity index (χ2n) is 6.82. The molecule has 0 aliphatic carbocycles. The number of carbonyl (C=O) groups excluding carboxylic acids is 1. The number of H-pyrrole nitrogens is 1. The Balaban J connectivity index is 1.53. The average molecular weight is 395 g/mol. The molecule has 7 nitrogen and oxygen atoms in total. The van der Waals surface area contributed by atoms with Crippen molar-refractivity contribution in [1.29, 1.82) is 0 Å². The molecule has 3 rings (SSSR count). The summed E-state index contributed by atoms with van der Waals surface area (Å²) in [5.74, 6) is 0.503. The number of unbranched alkanes of at least 4 members (excludes halogenated alkanes) is 1. The molecule has 3 aromatic rings. The van der Waals surface area contributed by atoms with Crippen molar-refractivity contribution in [1.82, 2.24) is 15.1 Å². The third-order valence-corrected chi connectivity index (χ3v) is 4.61. The quantitative estimate of drug-likeness (QED) is 0.544. The standard InChI is InChI=1S/C22H25N3O4/c1-2-3-14-29-17-10-8-16(9-11-17)12-13-23-20(26)15-25-22(28)19-7-5-4-6-18(19)21(27)24-25/h4-11H,2-3,12-15H2,1H3,(H,23,26)(H,24,27). The molecule has 0 fully saturated rings. The summed E-state index contributed by atoms with van der Waals surface area (Å²) in [5, 5.41) is 5.85. The van der Waals surface area contributed by atoms with Crippen LogP contribution in [0.3, 0.4) is 0 Å². The van der Waals surface area contributed by atoms with Crippen LogP contribution in [0.4, 0.5) is 0 Å². The molecule has 0 saturated carbocycles. The largest absolute Gasteiger partial charge is 0.494 e. The number of rotatable bonds is 9. The molecular formula is C22H25N3O4. The van der Waals surface area contributed by atoms with E-state index in [0.29, 0.717) is 30.3 Å². The second kappa shape index (κ2) is 9.73. The lowest BCUT2D eigenvalue weighted by Gasteiger charge is -2.09. The van der Waals surface area contributed by atoms with Gasteiger partial charge < -0.3 is 10.1 Å². The predicted molar refractivity (Wildman–Crippen MR) is 112 cm³/mol. The highest BCUT2D eigenvalue weighted by Crippen LogP contribution is 2.13. The molecule has 1 amide bonds. The molecule has 0 unspecified atom stereocenters. The van der Waals surface area contributed by atoms with Crippen LogP contribution in [0.25, 0.3) is 10.8 Å². The number of hydrogen-bond donors (Lipinski definition) is 2. The van der Waals surface area contributed by atoms with E-state index < -0.39 is 11.1 Å². The van der Waals surface area contributed by atoms with Gasteiger partial charge in [0, 0.05) is 6.54 Å². The van der Waals surface area contributed by atoms with Crippen LogP contribution in [-0.4, -0.2) is 28.8 Å². The summed E-state index contributed by atoms with van der Waals surface area (Å²) >= 11 is 0. The number of hydrogen-bond acceptors (Lipinski definition) is 4. The Hall–Kier alpha value is -3.35. The van der Waals surface area contributed by atoms with E-state index in [-0.39, 0.29) is 12.5 Å². The van der Waals surface area contributed by atoms with Crippen molar-refractivity contribution in [3.05, 3.63) is 74.8 Å². The molecule has 0 aliphatic rings. The average Bonchev–Trinajstić information content (AvgIpc) is 2.73. The fourth-order valence-corrected chi connectivity index (χ4v) is 2.99. The van der Waals surface area contributed by atoms with Crippen molar-refractivity contribution in [3.8, 4) is 5.75 Å². The van der Waals surface area contributed by atoms with Gasteiger partial charge in [0.25, 0.3) is 11.1 Å². The molecule has 0 aliphatic heterocycles. The zero-order chi connectivity index (χ0) is 20.6. The molecule has 1 heterocycles. The molecule has 0 radical (unpaired) electrons. The zero-order valence-electron chi connectivity index (χ0n) is 16.4. The summed E-state index contributed by atoms with van der Waals surface area (Å²) in [6.45, 7) is 3.03. The molecular weight excluding hydrogens is 370 g/mol. The number of benzene rings is 2. The van der Waals surface area contributed by atoms with Gasteiger partial charge >= 0.3 is 0 Å². The Bertz CT molecular complexity index is 1080. The summed E-state index contributed by atoms with van der Waals surface area (Å²) in [5.41, 5.74) is 0.285. The van der Waals surface area contributed by atoms with Gasteiger partial charge in [-0.2, -0.15) is 0 Å². The summed E-state index contributed by atoms with van der Waals surface area (Å²) < 4.78 is 6.67. The predicted octanol–water partition coefficient (Wildman–Crippen LogP) is 2.23. The molecule has 2 N–H and O–H groups in total. The van der Waals surface area contributed by atoms with Crippen molar-refractivity contribution in [2.75, 3.05) is 13.2 Å². The summed E-state index contributed by atoms with van der Waals surface area (Å²) in [6, 6.07) is 14.3. The van der Waals surface area contributed by atoms with Gasteiger partial charge in [0.15, 0.2) is 0 Å². The van der Waals surface area contributed by atoms with Crippen molar-refractivity contribution < 1.29 is 9.53 Å². The first-order chi connectivity index (χ1) is 14.1. The maximum absolute atomic E-state index is 12.4. The van der Waals surface area contributed by atoms with E-state index in [1.807, 2.05) is 24.3 Å². The maximum atomic E-state index is 12.4. The van der Waals surface area contributed by atoms with Gasteiger partial charge in [-0.15, -0.1) is 0 Å². The van der Waals surface area contributed by atoms with E-state index in [1.54, 1.807) is 24.3 Å². The monoisotopic (exact) mass is 395 g/mol. The number of carbonyl (C=O) groups is 1. The van der Waals surface area contributed by atoms with Crippen LogP contribution < -0.4 is 21.2 Å². The highest BCUT2D eigenvalue weighted by atomic mass is 16.5. The van der Waals surface area contributed by atoms with Gasteiger partial charge in [-0.1, -0.05) is 37.6 Å². The van der Waals surface area contributed by atoms with E-state index in [4.69, 9.17) is 4.74 Å².